The SMILES string of the molecule is c1ccc(C2=NC(c3cccc4oc5ccc(-c6ccc(-c7ccc8ccccc8c7)cc6)cc5c34)NC(c3ccc(-c4ccccc4)cc3)=N2)cc1. The molecule has 250 valence electrons. The zero-order chi connectivity index (χ0) is 35.1. The van der Waals surface area contributed by atoms with E-state index < -0.39 is 0 Å². The van der Waals surface area contributed by atoms with Crippen LogP contribution in [0.1, 0.15) is 22.9 Å². The number of nitrogens with zero attached hydrogens (tertiary/aromatic N) is 2. The first-order valence-electron chi connectivity index (χ1n) is 17.9. The van der Waals surface area contributed by atoms with E-state index in [0.29, 0.717) is 5.84 Å². The van der Waals surface area contributed by atoms with Gasteiger partial charge in [0.05, 0.1) is 0 Å². The standard InChI is InChI=1S/C49H33N3O/c1-3-10-32(11-4-1)34-22-25-38(26-23-34)48-50-47(37-13-5-2-6-14-37)51-49(52-48)42-16-9-17-45-46(42)43-31-41(28-29-44(43)53-45)36-20-18-35(19-21-36)40-27-24-33-12-7-8-15-39(33)30-40/h1-31,49H,(H,50,51,52). The highest BCUT2D eigenvalue weighted by atomic mass is 16.3. The van der Waals surface area contributed by atoms with Crippen LogP contribution in [0, 0.1) is 0 Å². The number of benzene rings is 8. The van der Waals surface area contributed by atoms with E-state index in [-0.39, 0.29) is 6.17 Å². The van der Waals surface area contributed by atoms with Crippen molar-refractivity contribution in [3.8, 4) is 33.4 Å². The molecule has 1 N–H and O–H groups in total. The number of fused-ring (bicyclic) bond motifs is 4. The smallest absolute Gasteiger partial charge is 0.159 e. The molecule has 0 aliphatic carbocycles. The molecule has 0 amide bonds. The second kappa shape index (κ2) is 12.9. The minimum atomic E-state index is -0.388. The van der Waals surface area contributed by atoms with Crippen LogP contribution < -0.4 is 5.32 Å². The summed E-state index contributed by atoms with van der Waals surface area (Å²) in [5.41, 5.74) is 11.7. The van der Waals surface area contributed by atoms with E-state index >= 15 is 0 Å². The molecule has 0 fully saturated rings. The van der Waals surface area contributed by atoms with Gasteiger partial charge in [-0.2, -0.15) is 0 Å². The molecule has 1 aliphatic rings. The Labute approximate surface area is 307 Å². The van der Waals surface area contributed by atoms with Crippen LogP contribution in [0.25, 0.3) is 66.1 Å². The Morgan fingerprint density at radius 1 is 0.415 bits per heavy atom. The summed E-state index contributed by atoms with van der Waals surface area (Å²) in [5, 5.41) is 8.29. The summed E-state index contributed by atoms with van der Waals surface area (Å²) in [5.74, 6) is 1.47. The molecule has 1 unspecified atom stereocenters. The fraction of sp³-hybridized carbons (Fsp3) is 0.0204. The van der Waals surface area contributed by atoms with Gasteiger partial charge in [-0.3, -0.25) is 0 Å². The molecule has 0 radical (unpaired) electrons. The monoisotopic (exact) mass is 679 g/mol. The second-order valence-corrected chi connectivity index (χ2v) is 13.4. The maximum atomic E-state index is 6.46. The van der Waals surface area contributed by atoms with Gasteiger partial charge in [0, 0.05) is 27.5 Å². The second-order valence-electron chi connectivity index (χ2n) is 13.4. The Kier molecular flexibility index (Phi) is 7.51. The lowest BCUT2D eigenvalue weighted by atomic mass is 9.97. The fourth-order valence-corrected chi connectivity index (χ4v) is 7.41. The first-order chi connectivity index (χ1) is 26.2. The predicted octanol–water partition coefficient (Wildman–Crippen LogP) is 12.2. The highest BCUT2D eigenvalue weighted by Crippen LogP contribution is 2.38. The van der Waals surface area contributed by atoms with E-state index in [1.54, 1.807) is 0 Å². The molecule has 0 spiro atoms. The topological polar surface area (TPSA) is 49.9 Å². The van der Waals surface area contributed by atoms with Crippen LogP contribution >= 0.6 is 0 Å². The molecule has 0 saturated heterocycles. The fourth-order valence-electron chi connectivity index (χ4n) is 7.41. The van der Waals surface area contributed by atoms with Crippen LogP contribution in [0.2, 0.25) is 0 Å². The molecule has 4 heteroatoms. The number of hydrogen-bond donors (Lipinski definition) is 1. The van der Waals surface area contributed by atoms with Crippen LogP contribution in [-0.4, -0.2) is 11.7 Å². The Morgan fingerprint density at radius 2 is 0.981 bits per heavy atom. The summed E-state index contributed by atoms with van der Waals surface area (Å²) in [6.45, 7) is 0. The molecule has 9 aromatic rings. The Morgan fingerprint density at radius 3 is 1.72 bits per heavy atom. The average Bonchev–Trinajstić information content (AvgIpc) is 3.62. The maximum Gasteiger partial charge on any atom is 0.159 e. The van der Waals surface area contributed by atoms with Crippen molar-refractivity contribution >= 4 is 44.4 Å². The number of rotatable bonds is 6. The van der Waals surface area contributed by atoms with E-state index in [4.69, 9.17) is 14.4 Å². The van der Waals surface area contributed by atoms with Crippen LogP contribution in [0.5, 0.6) is 0 Å². The molecular weight excluding hydrogens is 647 g/mol. The van der Waals surface area contributed by atoms with Gasteiger partial charge in [0.2, 0.25) is 0 Å². The van der Waals surface area contributed by atoms with Crippen LogP contribution in [0.15, 0.2) is 202 Å². The third kappa shape index (κ3) is 5.77. The van der Waals surface area contributed by atoms with Gasteiger partial charge in [0.25, 0.3) is 0 Å². The molecule has 4 nitrogen and oxygen atoms in total. The van der Waals surface area contributed by atoms with Crippen molar-refractivity contribution in [1.82, 2.24) is 5.32 Å². The minimum Gasteiger partial charge on any atom is -0.456 e. The number of hydrogen-bond acceptors (Lipinski definition) is 4. The van der Waals surface area contributed by atoms with Crippen molar-refractivity contribution in [2.24, 2.45) is 9.98 Å². The van der Waals surface area contributed by atoms with E-state index in [1.165, 1.54) is 27.5 Å². The van der Waals surface area contributed by atoms with Gasteiger partial charge in [-0.25, -0.2) is 9.98 Å². The summed E-state index contributed by atoms with van der Waals surface area (Å²) < 4.78 is 6.46. The molecule has 8 aromatic carbocycles. The van der Waals surface area contributed by atoms with E-state index in [1.807, 2.05) is 36.4 Å². The highest BCUT2D eigenvalue weighted by Gasteiger charge is 2.24. The summed E-state index contributed by atoms with van der Waals surface area (Å²) in [4.78, 5) is 10.3. The van der Waals surface area contributed by atoms with Gasteiger partial charge in [-0.15, -0.1) is 0 Å². The number of amidine groups is 2. The lowest BCUT2D eigenvalue weighted by molar-refractivity contribution is 0.662. The van der Waals surface area contributed by atoms with E-state index in [9.17, 15) is 0 Å². The van der Waals surface area contributed by atoms with Gasteiger partial charge in [-0.1, -0.05) is 164 Å². The summed E-state index contributed by atoms with van der Waals surface area (Å²) in [6, 6.07) is 65.9. The molecule has 1 aromatic heterocycles. The Hall–Kier alpha value is -7.04. The lowest BCUT2D eigenvalue weighted by Gasteiger charge is -2.24. The molecule has 0 saturated carbocycles. The van der Waals surface area contributed by atoms with Crippen molar-refractivity contribution < 1.29 is 4.42 Å². The quantitative estimate of drug-likeness (QED) is 0.190. The first kappa shape index (κ1) is 30.8. The van der Waals surface area contributed by atoms with Crippen LogP contribution in [0.3, 0.4) is 0 Å². The number of nitrogens with one attached hydrogen (secondary N) is 1. The number of furan rings is 1. The van der Waals surface area contributed by atoms with Crippen molar-refractivity contribution in [3.63, 3.8) is 0 Å². The third-order valence-electron chi connectivity index (χ3n) is 10.2. The Bertz CT molecular complexity index is 2830. The van der Waals surface area contributed by atoms with Gasteiger partial charge < -0.3 is 9.73 Å². The first-order valence-corrected chi connectivity index (χ1v) is 17.9. The number of aliphatic imine (C=N–C) groups is 2. The average molecular weight is 680 g/mol. The highest BCUT2D eigenvalue weighted by molar-refractivity contribution is 6.14. The van der Waals surface area contributed by atoms with Crippen molar-refractivity contribution in [2.75, 3.05) is 0 Å². The molecular formula is C49H33N3O. The third-order valence-corrected chi connectivity index (χ3v) is 10.2. The summed E-state index contributed by atoms with van der Waals surface area (Å²) >= 11 is 0. The lowest BCUT2D eigenvalue weighted by Crippen LogP contribution is -2.33. The van der Waals surface area contributed by atoms with Gasteiger partial charge in [-0.05, 0) is 68.4 Å². The van der Waals surface area contributed by atoms with Crippen molar-refractivity contribution in [1.29, 1.82) is 0 Å². The molecule has 0 bridgehead atoms. The Balaban J connectivity index is 1.03. The van der Waals surface area contributed by atoms with Crippen LogP contribution in [0.4, 0.5) is 0 Å². The van der Waals surface area contributed by atoms with E-state index in [2.05, 4.69) is 157 Å². The van der Waals surface area contributed by atoms with Crippen molar-refractivity contribution in [2.45, 2.75) is 6.17 Å². The van der Waals surface area contributed by atoms with Gasteiger partial charge in [0.15, 0.2) is 5.84 Å². The zero-order valence-electron chi connectivity index (χ0n) is 28.8. The summed E-state index contributed by atoms with van der Waals surface area (Å²) in [7, 11) is 0. The molecule has 1 atom stereocenters. The van der Waals surface area contributed by atoms with Gasteiger partial charge in [0.1, 0.15) is 23.2 Å². The van der Waals surface area contributed by atoms with Gasteiger partial charge >= 0.3 is 0 Å². The maximum absolute atomic E-state index is 6.46. The van der Waals surface area contributed by atoms with Crippen molar-refractivity contribution in [3.05, 3.63) is 205 Å². The minimum absolute atomic E-state index is 0.388. The van der Waals surface area contributed by atoms with E-state index in [0.717, 1.165) is 61.2 Å². The molecule has 2 heterocycles. The normalized spacial score (nSPS) is 14.2. The largest absolute Gasteiger partial charge is 0.456 e. The zero-order valence-corrected chi connectivity index (χ0v) is 28.8. The molecule has 53 heavy (non-hydrogen) atoms. The van der Waals surface area contributed by atoms with Crippen LogP contribution in [-0.2, 0) is 0 Å². The molecule has 1 aliphatic heterocycles. The predicted molar refractivity (Wildman–Crippen MR) is 219 cm³/mol. The summed E-state index contributed by atoms with van der Waals surface area (Å²) in [6.07, 6.45) is -0.388. The molecule has 10 rings (SSSR count).